The van der Waals surface area contributed by atoms with Gasteiger partial charge >= 0.3 is 6.18 Å². The fraction of sp³-hybridized carbons (Fsp3) is 0.364. The van der Waals surface area contributed by atoms with E-state index in [1.54, 1.807) is 31.5 Å². The molecular formula is C22H20F3N3O3. The fourth-order valence-corrected chi connectivity index (χ4v) is 4.86. The molecule has 162 valence electrons. The van der Waals surface area contributed by atoms with E-state index in [0.717, 1.165) is 6.07 Å². The summed E-state index contributed by atoms with van der Waals surface area (Å²) < 4.78 is 44.4. The average molecular weight is 431 g/mol. The monoisotopic (exact) mass is 431 g/mol. The first-order valence-corrected chi connectivity index (χ1v) is 9.90. The number of benzene rings is 1. The molecule has 2 N–H and O–H groups in total. The van der Waals surface area contributed by atoms with Gasteiger partial charge in [0.05, 0.1) is 12.3 Å². The lowest BCUT2D eigenvalue weighted by atomic mass is 9.80. The molecule has 5 rings (SSSR count). The van der Waals surface area contributed by atoms with Crippen LogP contribution in [0.25, 0.3) is 11.1 Å². The molecule has 31 heavy (non-hydrogen) atoms. The molecule has 2 aliphatic carbocycles. The minimum atomic E-state index is -4.95. The largest absolute Gasteiger partial charge is 0.422 e. The number of halogens is 3. The molecule has 9 heteroatoms. The van der Waals surface area contributed by atoms with Crippen molar-refractivity contribution >= 4 is 5.91 Å². The van der Waals surface area contributed by atoms with Crippen molar-refractivity contribution in [2.45, 2.75) is 23.8 Å². The molecule has 1 saturated heterocycles. The number of aliphatic hydroxyl groups excluding tert-OH is 1. The van der Waals surface area contributed by atoms with E-state index in [1.165, 1.54) is 27.9 Å². The highest BCUT2D eigenvalue weighted by molar-refractivity contribution is 5.97. The molecular weight excluding hydrogens is 411 g/mol. The van der Waals surface area contributed by atoms with E-state index >= 15 is 0 Å². The lowest BCUT2D eigenvalue weighted by Crippen LogP contribution is -2.53. The van der Waals surface area contributed by atoms with E-state index in [-0.39, 0.29) is 24.2 Å². The number of rotatable bonds is 2. The van der Waals surface area contributed by atoms with Crippen LogP contribution in [0.5, 0.6) is 0 Å². The number of hydrogen-bond acceptors (Lipinski definition) is 4. The first kappa shape index (κ1) is 20.0. The smallest absolute Gasteiger partial charge is 0.389 e. The number of allylic oxidation sites excluding steroid dienone is 3. The summed E-state index contributed by atoms with van der Waals surface area (Å²) in [5, 5.41) is 24.8. The topological polar surface area (TPSA) is 78.6 Å². The van der Waals surface area contributed by atoms with Gasteiger partial charge in [-0.25, -0.2) is 0 Å². The van der Waals surface area contributed by atoms with Gasteiger partial charge in [-0.2, -0.15) is 18.3 Å². The Kier molecular flexibility index (Phi) is 4.22. The number of carbonyl (C=O) groups is 1. The molecule has 0 bridgehead atoms. The Hall–Kier alpha value is -2.91. The number of hydrogen-bond donors (Lipinski definition) is 2. The van der Waals surface area contributed by atoms with Crippen molar-refractivity contribution in [2.75, 3.05) is 13.1 Å². The lowest BCUT2D eigenvalue weighted by molar-refractivity contribution is -0.278. The molecule has 0 spiro atoms. The third-order valence-electron chi connectivity index (χ3n) is 6.39. The van der Waals surface area contributed by atoms with Gasteiger partial charge in [-0.1, -0.05) is 24.3 Å². The molecule has 1 aromatic heterocycles. The highest BCUT2D eigenvalue weighted by atomic mass is 19.4. The van der Waals surface area contributed by atoms with E-state index in [4.69, 9.17) is 0 Å². The predicted octanol–water partition coefficient (Wildman–Crippen LogP) is 2.49. The first-order chi connectivity index (χ1) is 14.6. The fourth-order valence-electron chi connectivity index (χ4n) is 4.86. The van der Waals surface area contributed by atoms with Gasteiger partial charge in [0.15, 0.2) is 5.60 Å². The van der Waals surface area contributed by atoms with Crippen molar-refractivity contribution in [3.05, 3.63) is 65.5 Å². The molecule has 6 nitrogen and oxygen atoms in total. The number of aryl methyl sites for hydroxylation is 1. The summed E-state index contributed by atoms with van der Waals surface area (Å²) in [5.41, 5.74) is -2.06. The molecule has 3 atom stereocenters. The van der Waals surface area contributed by atoms with Crippen LogP contribution in [-0.2, 0) is 12.6 Å². The number of fused-ring (bicyclic) bond motifs is 3. The van der Waals surface area contributed by atoms with E-state index in [2.05, 4.69) is 5.10 Å². The zero-order valence-corrected chi connectivity index (χ0v) is 16.5. The van der Waals surface area contributed by atoms with Gasteiger partial charge in [0.2, 0.25) is 0 Å². The van der Waals surface area contributed by atoms with E-state index in [9.17, 15) is 28.2 Å². The summed E-state index contributed by atoms with van der Waals surface area (Å²) in [7, 11) is 1.69. The van der Waals surface area contributed by atoms with Crippen LogP contribution >= 0.6 is 0 Å². The summed E-state index contributed by atoms with van der Waals surface area (Å²) in [4.78, 5) is 14.3. The summed E-state index contributed by atoms with van der Waals surface area (Å²) in [6.45, 7) is 0.247. The van der Waals surface area contributed by atoms with Gasteiger partial charge in [-0.15, -0.1) is 0 Å². The summed E-state index contributed by atoms with van der Waals surface area (Å²) >= 11 is 0. The molecule has 2 heterocycles. The van der Waals surface area contributed by atoms with Crippen LogP contribution in [-0.4, -0.2) is 56.2 Å². The zero-order chi connectivity index (χ0) is 22.1. The van der Waals surface area contributed by atoms with Crippen molar-refractivity contribution in [2.24, 2.45) is 13.0 Å². The minimum Gasteiger partial charge on any atom is -0.389 e. The first-order valence-electron chi connectivity index (χ1n) is 9.90. The van der Waals surface area contributed by atoms with Crippen LogP contribution in [0.1, 0.15) is 27.4 Å². The van der Waals surface area contributed by atoms with Crippen LogP contribution in [0.15, 0.2) is 48.8 Å². The quantitative estimate of drug-likeness (QED) is 0.766. The Morgan fingerprint density at radius 2 is 1.94 bits per heavy atom. The number of amides is 1. The van der Waals surface area contributed by atoms with Crippen molar-refractivity contribution in [3.8, 4) is 11.1 Å². The minimum absolute atomic E-state index is 0.0405. The SMILES string of the molecule is Cn1cc(-c2cc(C(=O)N3CC(O)C3)cc3c2C2C=CC=CC2C3(O)C(F)(F)F)cn1. The number of carbonyl (C=O) groups excluding carboxylic acids is 1. The number of likely N-dealkylation sites (tertiary alicyclic amines) is 1. The normalized spacial score (nSPS) is 27.2. The Morgan fingerprint density at radius 3 is 2.55 bits per heavy atom. The molecule has 3 unspecified atom stereocenters. The lowest BCUT2D eigenvalue weighted by Gasteiger charge is -2.36. The molecule has 1 aromatic carbocycles. The molecule has 2 aromatic rings. The van der Waals surface area contributed by atoms with Crippen LogP contribution in [0.3, 0.4) is 0 Å². The molecule has 3 aliphatic rings. The number of aliphatic hydroxyl groups is 2. The second-order valence-corrected chi connectivity index (χ2v) is 8.34. The maximum Gasteiger partial charge on any atom is 0.422 e. The maximum absolute atomic E-state index is 14.3. The van der Waals surface area contributed by atoms with Gasteiger partial charge in [-0.05, 0) is 28.8 Å². The summed E-state index contributed by atoms with van der Waals surface area (Å²) in [5.74, 6) is -2.42. The molecule has 1 amide bonds. The Bertz CT molecular complexity index is 1130. The van der Waals surface area contributed by atoms with Gasteiger partial charge < -0.3 is 15.1 Å². The predicted molar refractivity (Wildman–Crippen MR) is 105 cm³/mol. The number of β-amino-alcohol motifs (C(OH)–C–C–N with tert-alkyl or cyclic N) is 1. The highest BCUT2D eigenvalue weighted by Crippen LogP contribution is 2.60. The van der Waals surface area contributed by atoms with Gasteiger partial charge in [0, 0.05) is 49.3 Å². The second kappa shape index (κ2) is 6.54. The van der Waals surface area contributed by atoms with Gasteiger partial charge in [-0.3, -0.25) is 9.48 Å². The summed E-state index contributed by atoms with van der Waals surface area (Å²) in [6, 6.07) is 2.73. The molecule has 0 saturated carbocycles. The highest BCUT2D eigenvalue weighted by Gasteiger charge is 2.65. The van der Waals surface area contributed by atoms with Crippen molar-refractivity contribution in [1.29, 1.82) is 0 Å². The third kappa shape index (κ3) is 2.80. The van der Waals surface area contributed by atoms with Crippen LogP contribution < -0.4 is 0 Å². The standard InChI is InChI=1S/C22H20F3N3O3/c1-27-9-13(8-26-27)16-6-12(20(30)28-10-14(29)11-28)7-18-19(16)15-4-2-3-5-17(15)21(18,31)22(23,24)25/h2-9,14-15,17,29,31H,10-11H2,1H3. The van der Waals surface area contributed by atoms with Crippen LogP contribution in [0, 0.1) is 5.92 Å². The Morgan fingerprint density at radius 1 is 1.23 bits per heavy atom. The zero-order valence-electron chi connectivity index (χ0n) is 16.5. The van der Waals surface area contributed by atoms with Crippen molar-refractivity contribution in [3.63, 3.8) is 0 Å². The maximum atomic E-state index is 14.3. The summed E-state index contributed by atoms with van der Waals surface area (Å²) in [6.07, 6.45) is 3.80. The number of alkyl halides is 3. The van der Waals surface area contributed by atoms with Crippen molar-refractivity contribution in [1.82, 2.24) is 14.7 Å². The number of aromatic nitrogens is 2. The van der Waals surface area contributed by atoms with E-state index in [1.807, 2.05) is 0 Å². The molecule has 1 fully saturated rings. The molecule has 0 radical (unpaired) electrons. The Balaban J connectivity index is 1.77. The number of nitrogens with zero attached hydrogens (tertiary/aromatic N) is 3. The van der Waals surface area contributed by atoms with Gasteiger partial charge in [0.25, 0.3) is 5.91 Å². The van der Waals surface area contributed by atoms with Crippen LogP contribution in [0.4, 0.5) is 13.2 Å². The average Bonchev–Trinajstić information content (AvgIpc) is 3.25. The van der Waals surface area contributed by atoms with Gasteiger partial charge in [0.1, 0.15) is 0 Å². The van der Waals surface area contributed by atoms with Crippen molar-refractivity contribution < 1.29 is 28.2 Å². The second-order valence-electron chi connectivity index (χ2n) is 8.34. The van der Waals surface area contributed by atoms with Crippen LogP contribution in [0.2, 0.25) is 0 Å². The Labute approximate surface area is 175 Å². The molecule has 1 aliphatic heterocycles. The van der Waals surface area contributed by atoms with E-state index in [0.29, 0.717) is 16.7 Å². The van der Waals surface area contributed by atoms with E-state index < -0.39 is 35.6 Å². The third-order valence-corrected chi connectivity index (χ3v) is 6.39.